The molecule has 3 saturated carbocycles. The van der Waals surface area contributed by atoms with Crippen LogP contribution in [0.25, 0.3) is 0 Å². The molecule has 0 bridgehead atoms. The van der Waals surface area contributed by atoms with E-state index in [1.165, 1.54) is 43.4 Å². The van der Waals surface area contributed by atoms with Gasteiger partial charge in [0.05, 0.1) is 35.9 Å². The van der Waals surface area contributed by atoms with Crippen LogP contribution in [0.2, 0.25) is 0 Å². The van der Waals surface area contributed by atoms with Gasteiger partial charge >= 0.3 is 0 Å². The third-order valence-corrected chi connectivity index (χ3v) is 10.6. The number of hydrogen-bond acceptors (Lipinski definition) is 6. The number of alkyl halides is 1. The molecule has 10 atom stereocenters. The van der Waals surface area contributed by atoms with Crippen LogP contribution >= 0.6 is 0 Å². The number of morpholine rings is 1. The molecular formula is C29H45FN4O3. The van der Waals surface area contributed by atoms with Crippen LogP contribution in [0.3, 0.4) is 0 Å². The van der Waals surface area contributed by atoms with Crippen LogP contribution in [0, 0.1) is 17.8 Å². The predicted molar refractivity (Wildman–Crippen MR) is 140 cm³/mol. The third-order valence-electron chi connectivity index (χ3n) is 10.6. The lowest BCUT2D eigenvalue weighted by atomic mass is 9.63. The second kappa shape index (κ2) is 10.2. The molecule has 0 aromatic rings. The van der Waals surface area contributed by atoms with Gasteiger partial charge in [0.25, 0.3) is 5.91 Å². The minimum absolute atomic E-state index is 0.0250. The second-order valence-corrected chi connectivity index (χ2v) is 12.9. The fourth-order valence-corrected chi connectivity index (χ4v) is 8.80. The standard InChI is InChI=1S/C29H45FN4O3/c1-32(2)29(36)21-16-34-25-19-9-5-4-7-17(19)10-11-23(25)37-28-24(22(30)15-20(26(28)34)27(21)35)31-13-12-18-8-6-14-33(18)3/h16-20,22-26,28,31H,4-15H2,1-3H3. The molecule has 0 spiro atoms. The predicted octanol–water partition coefficient (Wildman–Crippen LogP) is 2.75. The number of fused-ring (bicyclic) bond motifs is 4. The first kappa shape index (κ1) is 25.8. The lowest BCUT2D eigenvalue weighted by molar-refractivity contribution is -0.215. The zero-order chi connectivity index (χ0) is 25.8. The van der Waals surface area contributed by atoms with E-state index in [1.807, 2.05) is 6.20 Å². The summed E-state index contributed by atoms with van der Waals surface area (Å²) in [6.07, 6.45) is 11.0. The van der Waals surface area contributed by atoms with Crippen molar-refractivity contribution in [3.8, 4) is 0 Å². The highest BCUT2D eigenvalue weighted by Gasteiger charge is 2.60. The zero-order valence-electron chi connectivity index (χ0n) is 22.8. The second-order valence-electron chi connectivity index (χ2n) is 12.9. The summed E-state index contributed by atoms with van der Waals surface area (Å²) >= 11 is 0. The molecule has 6 aliphatic rings. The van der Waals surface area contributed by atoms with Gasteiger partial charge in [-0.3, -0.25) is 9.59 Å². The SMILES string of the molecule is CN(C)C(=O)C1=CN2C3C(CCC4CCCCC43)OC3C(NCCC4CCCN4C)C(F)CC(C1=O)C32. The molecule has 1 amide bonds. The van der Waals surface area contributed by atoms with E-state index < -0.39 is 18.1 Å². The Kier molecular flexibility index (Phi) is 7.12. The molecule has 6 rings (SSSR count). The number of rotatable bonds is 5. The number of halogens is 1. The Morgan fingerprint density at radius 3 is 2.70 bits per heavy atom. The molecule has 0 aromatic heterocycles. The van der Waals surface area contributed by atoms with Gasteiger partial charge in [0.15, 0.2) is 5.78 Å². The van der Waals surface area contributed by atoms with Gasteiger partial charge < -0.3 is 24.8 Å². The maximum absolute atomic E-state index is 15.9. The zero-order valence-corrected chi connectivity index (χ0v) is 22.8. The number of ketones is 1. The van der Waals surface area contributed by atoms with Crippen molar-refractivity contribution in [2.24, 2.45) is 17.8 Å². The normalized spacial score (nSPS) is 43.5. The Hall–Kier alpha value is -1.51. The number of hydrogen-bond donors (Lipinski definition) is 1. The van der Waals surface area contributed by atoms with Gasteiger partial charge in [-0.15, -0.1) is 0 Å². The molecule has 1 N–H and O–H groups in total. The summed E-state index contributed by atoms with van der Waals surface area (Å²) in [6, 6.07) is 0.0971. The summed E-state index contributed by atoms with van der Waals surface area (Å²) < 4.78 is 22.8. The van der Waals surface area contributed by atoms with Gasteiger partial charge in [-0.2, -0.15) is 0 Å². The van der Waals surface area contributed by atoms with Gasteiger partial charge in [0, 0.05) is 32.3 Å². The van der Waals surface area contributed by atoms with Crippen LogP contribution < -0.4 is 5.32 Å². The molecule has 3 heterocycles. The molecule has 206 valence electrons. The van der Waals surface area contributed by atoms with E-state index in [0.29, 0.717) is 17.9 Å². The van der Waals surface area contributed by atoms with Crippen molar-refractivity contribution < 1.29 is 18.7 Å². The Labute approximate surface area is 221 Å². The number of nitrogens with one attached hydrogen (secondary N) is 1. The highest BCUT2D eigenvalue weighted by atomic mass is 19.1. The van der Waals surface area contributed by atoms with Crippen LogP contribution in [0.15, 0.2) is 11.8 Å². The minimum Gasteiger partial charge on any atom is -0.369 e. The molecule has 5 fully saturated rings. The summed E-state index contributed by atoms with van der Waals surface area (Å²) in [6.45, 7) is 1.89. The molecule has 3 aliphatic heterocycles. The fourth-order valence-electron chi connectivity index (χ4n) is 8.80. The average Bonchev–Trinajstić information content (AvgIpc) is 3.30. The number of nitrogens with zero attached hydrogens (tertiary/aromatic N) is 3. The molecule has 2 saturated heterocycles. The Balaban J connectivity index is 1.31. The van der Waals surface area contributed by atoms with Crippen molar-refractivity contribution in [3.63, 3.8) is 0 Å². The number of carbonyl (C=O) groups excluding carboxylic acids is 2. The number of likely N-dealkylation sites (tertiary alicyclic amines) is 1. The van der Waals surface area contributed by atoms with Crippen LogP contribution in [0.1, 0.15) is 64.2 Å². The third kappa shape index (κ3) is 4.45. The van der Waals surface area contributed by atoms with E-state index in [2.05, 4.69) is 22.2 Å². The van der Waals surface area contributed by atoms with Crippen molar-refractivity contribution >= 4 is 11.7 Å². The first-order valence-corrected chi connectivity index (χ1v) is 14.8. The van der Waals surface area contributed by atoms with Crippen molar-refractivity contribution in [1.29, 1.82) is 0 Å². The van der Waals surface area contributed by atoms with Gasteiger partial charge in [-0.05, 0) is 76.9 Å². The van der Waals surface area contributed by atoms with E-state index in [4.69, 9.17) is 4.74 Å². The summed E-state index contributed by atoms with van der Waals surface area (Å²) in [5.41, 5.74) is 0.228. The summed E-state index contributed by atoms with van der Waals surface area (Å²) in [4.78, 5) is 33.0. The first-order chi connectivity index (χ1) is 17.8. The van der Waals surface area contributed by atoms with Crippen LogP contribution in [-0.4, -0.2) is 103 Å². The van der Waals surface area contributed by atoms with Gasteiger partial charge in [-0.25, -0.2) is 4.39 Å². The molecular weight excluding hydrogens is 471 g/mol. The Bertz CT molecular complexity index is 927. The maximum atomic E-state index is 15.9. The monoisotopic (exact) mass is 516 g/mol. The van der Waals surface area contributed by atoms with Crippen LogP contribution in [0.5, 0.6) is 0 Å². The molecule has 0 radical (unpaired) electrons. The average molecular weight is 517 g/mol. The van der Waals surface area contributed by atoms with Gasteiger partial charge in [-0.1, -0.05) is 19.3 Å². The van der Waals surface area contributed by atoms with Gasteiger partial charge in [0.1, 0.15) is 6.17 Å². The maximum Gasteiger partial charge on any atom is 0.258 e. The summed E-state index contributed by atoms with van der Waals surface area (Å²) in [5.74, 6) is 0.198. The number of likely N-dealkylation sites (N-methyl/N-ethyl adjacent to an activating group) is 1. The molecule has 0 aromatic carbocycles. The van der Waals surface area contributed by atoms with E-state index in [0.717, 1.165) is 32.4 Å². The summed E-state index contributed by atoms with van der Waals surface area (Å²) in [7, 11) is 5.55. The lowest BCUT2D eigenvalue weighted by Gasteiger charge is -2.62. The fraction of sp³-hybridized carbons (Fsp3) is 0.862. The van der Waals surface area contributed by atoms with E-state index in [9.17, 15) is 9.59 Å². The molecule has 10 unspecified atom stereocenters. The minimum atomic E-state index is -1.17. The summed E-state index contributed by atoms with van der Waals surface area (Å²) in [5, 5.41) is 3.57. The highest BCUT2D eigenvalue weighted by Crippen LogP contribution is 2.51. The quantitative estimate of drug-likeness (QED) is 0.567. The Morgan fingerprint density at radius 2 is 1.95 bits per heavy atom. The first-order valence-electron chi connectivity index (χ1n) is 14.8. The van der Waals surface area contributed by atoms with E-state index >= 15 is 4.39 Å². The van der Waals surface area contributed by atoms with E-state index in [-0.39, 0.29) is 48.0 Å². The lowest BCUT2D eigenvalue weighted by Crippen LogP contribution is -2.74. The largest absolute Gasteiger partial charge is 0.369 e. The number of Topliss-reactive ketones (excluding diaryl/α,β-unsaturated/α-hetero) is 1. The van der Waals surface area contributed by atoms with Crippen molar-refractivity contribution in [1.82, 2.24) is 20.0 Å². The highest BCUT2D eigenvalue weighted by molar-refractivity contribution is 6.20. The smallest absolute Gasteiger partial charge is 0.258 e. The molecule has 7 nitrogen and oxygen atoms in total. The van der Waals surface area contributed by atoms with Crippen LogP contribution in [-0.2, 0) is 14.3 Å². The molecule has 8 heteroatoms. The number of carbonyl (C=O) groups is 2. The number of ether oxygens (including phenoxy) is 1. The molecule has 3 aliphatic carbocycles. The molecule has 37 heavy (non-hydrogen) atoms. The topological polar surface area (TPSA) is 65.1 Å². The van der Waals surface area contributed by atoms with E-state index in [1.54, 1.807) is 14.1 Å². The number of amides is 1. The van der Waals surface area contributed by atoms with Crippen LogP contribution in [0.4, 0.5) is 4.39 Å². The van der Waals surface area contributed by atoms with Crippen molar-refractivity contribution in [3.05, 3.63) is 11.8 Å². The Morgan fingerprint density at radius 1 is 1.14 bits per heavy atom. The van der Waals surface area contributed by atoms with Crippen molar-refractivity contribution in [2.45, 2.75) is 107 Å². The van der Waals surface area contributed by atoms with Gasteiger partial charge in [0.2, 0.25) is 0 Å². The van der Waals surface area contributed by atoms with Crippen molar-refractivity contribution in [2.75, 3.05) is 34.2 Å².